The third kappa shape index (κ3) is 1.64. The normalized spacial score (nSPS) is 25.1. The molecule has 2 heterocycles. The summed E-state index contributed by atoms with van der Waals surface area (Å²) in [6.45, 7) is 3.82. The second kappa shape index (κ2) is 4.13. The number of nitrogens with zero attached hydrogens (tertiary/aromatic N) is 2. The lowest BCUT2D eigenvalue weighted by molar-refractivity contribution is -0.123. The van der Waals surface area contributed by atoms with Crippen LogP contribution in [0.2, 0.25) is 0 Å². The molecule has 1 atom stereocenters. The van der Waals surface area contributed by atoms with E-state index in [9.17, 15) is 4.79 Å². The number of carbonyl (C=O) groups is 1. The number of carbonyl (C=O) groups excluding carboxylic acids is 1. The minimum Gasteiger partial charge on any atom is -0.314 e. The quantitative estimate of drug-likeness (QED) is 0.769. The molecular formula is C13H17N3O. The molecule has 0 aliphatic carbocycles. The molecule has 17 heavy (non-hydrogen) atoms. The average Bonchev–Trinajstić information content (AvgIpc) is 2.64. The standard InChI is InChI=1S/C13H17N3O/c1-15-11-5-3-2-4-10(11)12(13(15)17)16-8-6-14-7-9-16/h2-5,12,14H,6-9H2,1H3. The van der Waals surface area contributed by atoms with Gasteiger partial charge in [-0.25, -0.2) is 0 Å². The van der Waals surface area contributed by atoms with Crippen molar-refractivity contribution < 1.29 is 4.79 Å². The number of rotatable bonds is 1. The van der Waals surface area contributed by atoms with Gasteiger partial charge in [0.05, 0.1) is 0 Å². The zero-order valence-electron chi connectivity index (χ0n) is 10.0. The highest BCUT2D eigenvalue weighted by Crippen LogP contribution is 2.38. The van der Waals surface area contributed by atoms with Gasteiger partial charge in [0.15, 0.2) is 0 Å². The van der Waals surface area contributed by atoms with Crippen LogP contribution in [0, 0.1) is 0 Å². The average molecular weight is 231 g/mol. The van der Waals surface area contributed by atoms with Crippen molar-refractivity contribution in [3.63, 3.8) is 0 Å². The maximum atomic E-state index is 12.3. The highest BCUT2D eigenvalue weighted by atomic mass is 16.2. The predicted molar refractivity (Wildman–Crippen MR) is 67.0 cm³/mol. The van der Waals surface area contributed by atoms with E-state index in [-0.39, 0.29) is 11.9 Å². The first-order chi connectivity index (χ1) is 8.29. The van der Waals surface area contributed by atoms with Crippen LogP contribution in [-0.4, -0.2) is 44.0 Å². The lowest BCUT2D eigenvalue weighted by Gasteiger charge is -2.31. The molecule has 0 saturated carbocycles. The van der Waals surface area contributed by atoms with Gasteiger partial charge in [-0.3, -0.25) is 9.69 Å². The Hall–Kier alpha value is -1.39. The summed E-state index contributed by atoms with van der Waals surface area (Å²) < 4.78 is 0. The van der Waals surface area contributed by atoms with Gasteiger partial charge in [-0.1, -0.05) is 18.2 Å². The van der Waals surface area contributed by atoms with Crippen molar-refractivity contribution >= 4 is 11.6 Å². The zero-order chi connectivity index (χ0) is 11.8. The van der Waals surface area contributed by atoms with Gasteiger partial charge < -0.3 is 10.2 Å². The van der Waals surface area contributed by atoms with E-state index >= 15 is 0 Å². The lowest BCUT2D eigenvalue weighted by Crippen LogP contribution is -2.47. The molecule has 1 amide bonds. The van der Waals surface area contributed by atoms with Crippen LogP contribution in [0.25, 0.3) is 0 Å². The van der Waals surface area contributed by atoms with Gasteiger partial charge in [0.2, 0.25) is 5.91 Å². The van der Waals surface area contributed by atoms with Crippen LogP contribution < -0.4 is 10.2 Å². The Morgan fingerprint density at radius 1 is 1.24 bits per heavy atom. The fraction of sp³-hybridized carbons (Fsp3) is 0.462. The van der Waals surface area contributed by atoms with Crippen LogP contribution in [0.4, 0.5) is 5.69 Å². The molecule has 1 N–H and O–H groups in total. The van der Waals surface area contributed by atoms with Crippen LogP contribution in [0.1, 0.15) is 11.6 Å². The molecule has 1 saturated heterocycles. The van der Waals surface area contributed by atoms with Crippen molar-refractivity contribution in [2.45, 2.75) is 6.04 Å². The highest BCUT2D eigenvalue weighted by molar-refractivity contribution is 6.04. The third-order valence-corrected chi connectivity index (χ3v) is 3.67. The predicted octanol–water partition coefficient (Wildman–Crippen LogP) is 0.609. The van der Waals surface area contributed by atoms with E-state index in [1.165, 1.54) is 0 Å². The van der Waals surface area contributed by atoms with E-state index in [4.69, 9.17) is 0 Å². The van der Waals surface area contributed by atoms with Gasteiger partial charge in [0.1, 0.15) is 6.04 Å². The molecule has 2 aliphatic heterocycles. The smallest absolute Gasteiger partial charge is 0.248 e. The molecule has 0 spiro atoms. The Labute approximate surface area is 101 Å². The third-order valence-electron chi connectivity index (χ3n) is 3.67. The van der Waals surface area contributed by atoms with Crippen LogP contribution in [0.15, 0.2) is 24.3 Å². The van der Waals surface area contributed by atoms with Crippen LogP contribution in [-0.2, 0) is 4.79 Å². The first kappa shape index (κ1) is 10.7. The Balaban J connectivity index is 1.97. The molecule has 1 aromatic carbocycles. The summed E-state index contributed by atoms with van der Waals surface area (Å²) in [5, 5.41) is 3.32. The molecule has 1 fully saturated rings. The number of hydrogen-bond donors (Lipinski definition) is 1. The van der Waals surface area contributed by atoms with Gasteiger partial charge >= 0.3 is 0 Å². The second-order valence-electron chi connectivity index (χ2n) is 4.64. The first-order valence-electron chi connectivity index (χ1n) is 6.10. The largest absolute Gasteiger partial charge is 0.314 e. The molecule has 0 radical (unpaired) electrons. The summed E-state index contributed by atoms with van der Waals surface area (Å²) in [5.41, 5.74) is 2.21. The number of nitrogens with one attached hydrogen (secondary N) is 1. The number of para-hydroxylation sites is 1. The summed E-state index contributed by atoms with van der Waals surface area (Å²) in [6.07, 6.45) is 0. The van der Waals surface area contributed by atoms with E-state index in [1.54, 1.807) is 4.90 Å². The first-order valence-corrected chi connectivity index (χ1v) is 6.10. The molecule has 90 valence electrons. The van der Waals surface area contributed by atoms with Crippen molar-refractivity contribution in [2.75, 3.05) is 38.1 Å². The van der Waals surface area contributed by atoms with Gasteiger partial charge in [-0.05, 0) is 6.07 Å². The number of hydrogen-bond acceptors (Lipinski definition) is 3. The summed E-state index contributed by atoms with van der Waals surface area (Å²) in [4.78, 5) is 16.4. The monoisotopic (exact) mass is 231 g/mol. The highest BCUT2D eigenvalue weighted by Gasteiger charge is 2.38. The van der Waals surface area contributed by atoms with Gasteiger partial charge in [-0.15, -0.1) is 0 Å². The van der Waals surface area contributed by atoms with Crippen LogP contribution >= 0.6 is 0 Å². The van der Waals surface area contributed by atoms with E-state index in [0.29, 0.717) is 0 Å². The van der Waals surface area contributed by atoms with Gasteiger partial charge in [0.25, 0.3) is 0 Å². The Bertz CT molecular complexity index is 440. The summed E-state index contributed by atoms with van der Waals surface area (Å²) >= 11 is 0. The fourth-order valence-electron chi connectivity index (χ4n) is 2.75. The molecule has 1 unspecified atom stereocenters. The van der Waals surface area contributed by atoms with Gasteiger partial charge in [0, 0.05) is 44.5 Å². The van der Waals surface area contributed by atoms with E-state index in [2.05, 4.69) is 16.3 Å². The van der Waals surface area contributed by atoms with E-state index < -0.39 is 0 Å². The van der Waals surface area contributed by atoms with Crippen molar-refractivity contribution in [1.29, 1.82) is 0 Å². The molecule has 1 aromatic rings. The molecule has 0 bridgehead atoms. The Kier molecular flexibility index (Phi) is 2.61. The minimum atomic E-state index is -0.0710. The topological polar surface area (TPSA) is 35.6 Å². The van der Waals surface area contributed by atoms with Crippen molar-refractivity contribution in [3.05, 3.63) is 29.8 Å². The Morgan fingerprint density at radius 2 is 1.94 bits per heavy atom. The number of likely N-dealkylation sites (N-methyl/N-ethyl adjacent to an activating group) is 1. The molecule has 2 aliphatic rings. The molecule has 4 nitrogen and oxygen atoms in total. The Morgan fingerprint density at radius 3 is 2.71 bits per heavy atom. The molecule has 3 rings (SSSR count). The number of fused-ring (bicyclic) bond motifs is 1. The van der Waals surface area contributed by atoms with Gasteiger partial charge in [-0.2, -0.15) is 0 Å². The second-order valence-corrected chi connectivity index (χ2v) is 4.64. The lowest BCUT2D eigenvalue weighted by atomic mass is 10.1. The summed E-state index contributed by atoms with van der Waals surface area (Å²) in [6, 6.07) is 8.03. The molecular weight excluding hydrogens is 214 g/mol. The maximum Gasteiger partial charge on any atom is 0.248 e. The number of amides is 1. The van der Waals surface area contributed by atoms with Crippen LogP contribution in [0.3, 0.4) is 0 Å². The van der Waals surface area contributed by atoms with Crippen molar-refractivity contribution in [2.24, 2.45) is 0 Å². The fourth-order valence-corrected chi connectivity index (χ4v) is 2.75. The zero-order valence-corrected chi connectivity index (χ0v) is 10.0. The number of benzene rings is 1. The SMILES string of the molecule is CN1C(=O)C(N2CCNCC2)c2ccccc21. The van der Waals surface area contributed by atoms with Crippen molar-refractivity contribution in [3.8, 4) is 0 Å². The van der Waals surface area contributed by atoms with Crippen LogP contribution in [0.5, 0.6) is 0 Å². The molecule has 0 aromatic heterocycles. The number of anilines is 1. The minimum absolute atomic E-state index is 0.0710. The maximum absolute atomic E-state index is 12.3. The number of piperazine rings is 1. The molecule has 4 heteroatoms. The summed E-state index contributed by atoms with van der Waals surface area (Å²) in [5.74, 6) is 0.202. The summed E-state index contributed by atoms with van der Waals surface area (Å²) in [7, 11) is 1.86. The van der Waals surface area contributed by atoms with Crippen molar-refractivity contribution in [1.82, 2.24) is 10.2 Å². The van der Waals surface area contributed by atoms with E-state index in [0.717, 1.165) is 37.4 Å². The van der Waals surface area contributed by atoms with E-state index in [1.807, 2.05) is 25.2 Å².